The monoisotopic (exact) mass is 235 g/mol. The first-order chi connectivity index (χ1) is 8.12. The molecule has 1 aromatic carbocycles. The number of nitrogens with zero attached hydrogens (tertiary/aromatic N) is 1. The fraction of sp³-hybridized carbons (Fsp3) is 0.250. The number of carbonyl (C=O) groups is 2. The Labute approximate surface area is 97.6 Å². The Morgan fingerprint density at radius 1 is 1.59 bits per heavy atom. The largest absolute Gasteiger partial charge is 0.466 e. The molecule has 5 heteroatoms. The van der Waals surface area contributed by atoms with Crippen molar-refractivity contribution in [2.24, 2.45) is 0 Å². The molecule has 0 N–H and O–H groups in total. The zero-order valence-electron chi connectivity index (χ0n) is 9.20. The van der Waals surface area contributed by atoms with Gasteiger partial charge in [0.1, 0.15) is 18.2 Å². The van der Waals surface area contributed by atoms with Gasteiger partial charge in [0.2, 0.25) is 0 Å². The SMILES string of the molecule is CCOC(=O)Cc1cc(C#N)c(F)cc1C=O. The van der Waals surface area contributed by atoms with Crippen molar-refractivity contribution < 1.29 is 18.7 Å². The van der Waals surface area contributed by atoms with Crippen LogP contribution in [0, 0.1) is 17.1 Å². The Morgan fingerprint density at radius 3 is 2.82 bits per heavy atom. The van der Waals surface area contributed by atoms with Crippen LogP contribution >= 0.6 is 0 Å². The van der Waals surface area contributed by atoms with Crippen molar-refractivity contribution in [3.05, 3.63) is 34.6 Å². The molecule has 0 saturated carbocycles. The van der Waals surface area contributed by atoms with E-state index in [1.54, 1.807) is 13.0 Å². The molecule has 88 valence electrons. The van der Waals surface area contributed by atoms with E-state index in [2.05, 4.69) is 0 Å². The highest BCUT2D eigenvalue weighted by atomic mass is 19.1. The molecular formula is C12H10FNO3. The molecular weight excluding hydrogens is 225 g/mol. The molecule has 0 amide bonds. The van der Waals surface area contributed by atoms with E-state index in [0.717, 1.165) is 6.07 Å². The number of halogens is 1. The number of hydrogen-bond acceptors (Lipinski definition) is 4. The third-order valence-electron chi connectivity index (χ3n) is 2.12. The maximum atomic E-state index is 13.2. The maximum absolute atomic E-state index is 13.2. The van der Waals surface area contributed by atoms with Crippen molar-refractivity contribution >= 4 is 12.3 Å². The first-order valence-corrected chi connectivity index (χ1v) is 4.95. The minimum atomic E-state index is -0.776. The van der Waals surface area contributed by atoms with E-state index in [1.807, 2.05) is 0 Å². The van der Waals surface area contributed by atoms with Crippen LogP contribution in [-0.4, -0.2) is 18.9 Å². The molecule has 17 heavy (non-hydrogen) atoms. The lowest BCUT2D eigenvalue weighted by Gasteiger charge is -2.06. The average Bonchev–Trinajstić information content (AvgIpc) is 2.31. The van der Waals surface area contributed by atoms with Crippen molar-refractivity contribution in [2.75, 3.05) is 6.61 Å². The Hall–Kier alpha value is -2.22. The van der Waals surface area contributed by atoms with Crippen molar-refractivity contribution in [1.29, 1.82) is 5.26 Å². The molecule has 0 aliphatic rings. The van der Waals surface area contributed by atoms with Crippen LogP contribution in [0.25, 0.3) is 0 Å². The molecule has 0 fully saturated rings. The smallest absolute Gasteiger partial charge is 0.310 e. The summed E-state index contributed by atoms with van der Waals surface area (Å²) in [4.78, 5) is 22.0. The molecule has 0 saturated heterocycles. The quantitative estimate of drug-likeness (QED) is 0.587. The summed E-state index contributed by atoms with van der Waals surface area (Å²) in [5.74, 6) is -1.30. The second-order valence-electron chi connectivity index (χ2n) is 3.24. The van der Waals surface area contributed by atoms with Gasteiger partial charge < -0.3 is 4.74 Å². The zero-order chi connectivity index (χ0) is 12.8. The van der Waals surface area contributed by atoms with Gasteiger partial charge in [0.05, 0.1) is 18.6 Å². The Balaban J connectivity index is 3.09. The molecule has 1 rings (SSSR count). The Kier molecular flexibility index (Phi) is 4.35. The number of carbonyl (C=O) groups excluding carboxylic acids is 2. The molecule has 0 heterocycles. The molecule has 0 atom stereocenters. The van der Waals surface area contributed by atoms with Crippen LogP contribution in [0.1, 0.15) is 28.4 Å². The number of esters is 1. The van der Waals surface area contributed by atoms with Gasteiger partial charge in [-0.2, -0.15) is 5.26 Å². The van der Waals surface area contributed by atoms with Gasteiger partial charge in [-0.15, -0.1) is 0 Å². The summed E-state index contributed by atoms with van der Waals surface area (Å²) in [6.45, 7) is 1.88. The summed E-state index contributed by atoms with van der Waals surface area (Å²) < 4.78 is 17.9. The predicted molar refractivity (Wildman–Crippen MR) is 56.8 cm³/mol. The van der Waals surface area contributed by atoms with E-state index < -0.39 is 11.8 Å². The summed E-state index contributed by atoms with van der Waals surface area (Å²) in [5.41, 5.74) is 0.140. The molecule has 0 bridgehead atoms. The number of hydrogen-bond donors (Lipinski definition) is 0. The van der Waals surface area contributed by atoms with Crippen molar-refractivity contribution in [2.45, 2.75) is 13.3 Å². The second-order valence-corrected chi connectivity index (χ2v) is 3.24. The van der Waals surface area contributed by atoms with Crippen LogP contribution in [-0.2, 0) is 16.0 Å². The number of nitriles is 1. The van der Waals surface area contributed by atoms with Crippen LogP contribution in [0.15, 0.2) is 12.1 Å². The van der Waals surface area contributed by atoms with Gasteiger partial charge in [-0.3, -0.25) is 9.59 Å². The van der Waals surface area contributed by atoms with E-state index in [1.165, 1.54) is 6.07 Å². The molecule has 0 aliphatic heterocycles. The third-order valence-corrected chi connectivity index (χ3v) is 2.12. The average molecular weight is 235 g/mol. The first-order valence-electron chi connectivity index (χ1n) is 4.95. The van der Waals surface area contributed by atoms with Crippen LogP contribution in [0.3, 0.4) is 0 Å². The summed E-state index contributed by atoms with van der Waals surface area (Å²) >= 11 is 0. The molecule has 0 aromatic heterocycles. The van der Waals surface area contributed by atoms with E-state index in [-0.39, 0.29) is 29.7 Å². The van der Waals surface area contributed by atoms with E-state index in [4.69, 9.17) is 10.00 Å². The molecule has 4 nitrogen and oxygen atoms in total. The number of rotatable bonds is 4. The van der Waals surface area contributed by atoms with Crippen molar-refractivity contribution in [3.8, 4) is 6.07 Å². The van der Waals surface area contributed by atoms with Gasteiger partial charge in [0, 0.05) is 5.56 Å². The minimum absolute atomic E-state index is 0.0505. The Morgan fingerprint density at radius 2 is 2.29 bits per heavy atom. The highest BCUT2D eigenvalue weighted by Gasteiger charge is 2.13. The van der Waals surface area contributed by atoms with Crippen LogP contribution in [0.4, 0.5) is 4.39 Å². The molecule has 0 aliphatic carbocycles. The summed E-state index contributed by atoms with van der Waals surface area (Å²) in [6.07, 6.45) is 0.287. The van der Waals surface area contributed by atoms with Gasteiger partial charge >= 0.3 is 5.97 Å². The van der Waals surface area contributed by atoms with Gasteiger partial charge in [-0.25, -0.2) is 4.39 Å². The predicted octanol–water partition coefficient (Wildman–Crippen LogP) is 1.62. The molecule has 1 aromatic rings. The van der Waals surface area contributed by atoms with Crippen LogP contribution < -0.4 is 0 Å². The topological polar surface area (TPSA) is 67.2 Å². The van der Waals surface area contributed by atoms with Crippen LogP contribution in [0.5, 0.6) is 0 Å². The standard InChI is InChI=1S/C12H10FNO3/c1-2-17-12(16)5-8-3-9(6-14)11(13)4-10(8)7-15/h3-4,7H,2,5H2,1H3. The van der Waals surface area contributed by atoms with E-state index in [0.29, 0.717) is 6.29 Å². The summed E-state index contributed by atoms with van der Waals surface area (Å²) in [5, 5.41) is 8.65. The lowest BCUT2D eigenvalue weighted by Crippen LogP contribution is -2.10. The zero-order valence-corrected chi connectivity index (χ0v) is 9.20. The molecule has 0 unspecified atom stereocenters. The van der Waals surface area contributed by atoms with Crippen LogP contribution in [0.2, 0.25) is 0 Å². The second kappa shape index (κ2) is 5.75. The van der Waals surface area contributed by atoms with Gasteiger partial charge in [0.15, 0.2) is 0 Å². The maximum Gasteiger partial charge on any atom is 0.310 e. The van der Waals surface area contributed by atoms with Gasteiger partial charge in [-0.1, -0.05) is 0 Å². The van der Waals surface area contributed by atoms with Crippen molar-refractivity contribution in [1.82, 2.24) is 0 Å². The first kappa shape index (κ1) is 12.8. The van der Waals surface area contributed by atoms with E-state index in [9.17, 15) is 14.0 Å². The third kappa shape index (κ3) is 3.11. The number of aldehydes is 1. The lowest BCUT2D eigenvalue weighted by molar-refractivity contribution is -0.142. The highest BCUT2D eigenvalue weighted by Crippen LogP contribution is 2.15. The minimum Gasteiger partial charge on any atom is -0.466 e. The number of ether oxygens (including phenoxy) is 1. The lowest BCUT2D eigenvalue weighted by atomic mass is 10.0. The molecule has 0 radical (unpaired) electrons. The van der Waals surface area contributed by atoms with Gasteiger partial charge in [-0.05, 0) is 24.6 Å². The fourth-order valence-electron chi connectivity index (χ4n) is 1.35. The highest BCUT2D eigenvalue weighted by molar-refractivity contribution is 5.82. The van der Waals surface area contributed by atoms with Crippen molar-refractivity contribution in [3.63, 3.8) is 0 Å². The molecule has 0 spiro atoms. The summed E-state index contributed by atoms with van der Waals surface area (Å²) in [7, 11) is 0. The summed E-state index contributed by atoms with van der Waals surface area (Å²) in [6, 6.07) is 3.78. The van der Waals surface area contributed by atoms with E-state index >= 15 is 0 Å². The number of benzene rings is 1. The Bertz CT molecular complexity index is 491. The fourth-order valence-corrected chi connectivity index (χ4v) is 1.35. The normalized spacial score (nSPS) is 9.47. The van der Waals surface area contributed by atoms with Gasteiger partial charge in [0.25, 0.3) is 0 Å².